The van der Waals surface area contributed by atoms with Crippen LogP contribution in [0.15, 0.2) is 95.2 Å². The summed E-state index contributed by atoms with van der Waals surface area (Å²) in [5.41, 5.74) is 0.151. The maximum atomic E-state index is 13.3. The molecule has 0 aliphatic rings. The molecule has 4 rings (SSSR count). The summed E-state index contributed by atoms with van der Waals surface area (Å²) in [6.45, 7) is 0. The minimum Gasteiger partial charge on any atom is -0.323 e. The maximum Gasteiger partial charge on any atom is 0.416 e. The van der Waals surface area contributed by atoms with Crippen LogP contribution in [0.25, 0.3) is 0 Å². The molecule has 4 aromatic rings. The molecular formula is C26H18ClF3N2O2S2. The van der Waals surface area contributed by atoms with Gasteiger partial charge in [0.15, 0.2) is 0 Å². The highest BCUT2D eigenvalue weighted by molar-refractivity contribution is 8.00. The van der Waals surface area contributed by atoms with Crippen molar-refractivity contribution in [3.8, 4) is 0 Å². The predicted molar refractivity (Wildman–Crippen MR) is 139 cm³/mol. The van der Waals surface area contributed by atoms with E-state index in [9.17, 15) is 22.8 Å². The van der Waals surface area contributed by atoms with Crippen molar-refractivity contribution in [3.63, 3.8) is 0 Å². The molecular weight excluding hydrogens is 529 g/mol. The molecule has 2 amide bonds. The zero-order valence-electron chi connectivity index (χ0n) is 18.4. The topological polar surface area (TPSA) is 58.2 Å². The van der Waals surface area contributed by atoms with Gasteiger partial charge in [0.1, 0.15) is 5.25 Å². The summed E-state index contributed by atoms with van der Waals surface area (Å²) in [5.74, 6) is -0.788. The van der Waals surface area contributed by atoms with E-state index in [0.717, 1.165) is 18.2 Å². The first-order valence-electron chi connectivity index (χ1n) is 10.5. The van der Waals surface area contributed by atoms with Gasteiger partial charge in [-0.25, -0.2) is 0 Å². The van der Waals surface area contributed by atoms with E-state index in [0.29, 0.717) is 21.0 Å². The first-order chi connectivity index (χ1) is 17.2. The van der Waals surface area contributed by atoms with Gasteiger partial charge < -0.3 is 10.6 Å². The molecule has 1 atom stereocenters. The number of carbonyl (C=O) groups excluding carboxylic acids is 2. The van der Waals surface area contributed by atoms with E-state index < -0.39 is 22.9 Å². The monoisotopic (exact) mass is 546 g/mol. The first kappa shape index (κ1) is 25.8. The molecule has 0 saturated heterocycles. The van der Waals surface area contributed by atoms with Crippen molar-refractivity contribution in [1.82, 2.24) is 0 Å². The summed E-state index contributed by atoms with van der Waals surface area (Å²) in [7, 11) is 0. The van der Waals surface area contributed by atoms with Gasteiger partial charge in [0.25, 0.3) is 5.91 Å². The molecule has 10 heteroatoms. The Morgan fingerprint density at radius 3 is 2.36 bits per heavy atom. The number of benzene rings is 3. The average Bonchev–Trinajstić information content (AvgIpc) is 3.39. The highest BCUT2D eigenvalue weighted by Crippen LogP contribution is 2.39. The molecule has 184 valence electrons. The van der Waals surface area contributed by atoms with Crippen LogP contribution in [0.2, 0.25) is 5.02 Å². The largest absolute Gasteiger partial charge is 0.416 e. The van der Waals surface area contributed by atoms with Crippen LogP contribution in [0.3, 0.4) is 0 Å². The van der Waals surface area contributed by atoms with Crippen LogP contribution >= 0.6 is 34.7 Å². The van der Waals surface area contributed by atoms with Crippen LogP contribution in [0.4, 0.5) is 24.5 Å². The lowest BCUT2D eigenvalue weighted by Gasteiger charge is -2.19. The third kappa shape index (κ3) is 6.48. The summed E-state index contributed by atoms with van der Waals surface area (Å²) in [4.78, 5) is 27.0. The normalized spacial score (nSPS) is 12.1. The number of hydrogen-bond acceptors (Lipinski definition) is 4. The van der Waals surface area contributed by atoms with Crippen molar-refractivity contribution in [2.75, 3.05) is 10.6 Å². The van der Waals surface area contributed by atoms with Crippen molar-refractivity contribution in [3.05, 3.63) is 111 Å². The van der Waals surface area contributed by atoms with Gasteiger partial charge in [-0.1, -0.05) is 54.1 Å². The Morgan fingerprint density at radius 1 is 0.889 bits per heavy atom. The Labute approximate surface area is 218 Å². The Morgan fingerprint density at radius 2 is 1.67 bits per heavy atom. The summed E-state index contributed by atoms with van der Waals surface area (Å²) in [5, 5.41) is 6.37. The van der Waals surface area contributed by atoms with Crippen molar-refractivity contribution in [2.24, 2.45) is 0 Å². The molecule has 3 aromatic carbocycles. The number of thiophene rings is 1. The van der Waals surface area contributed by atoms with Crippen molar-refractivity contribution in [2.45, 2.75) is 16.3 Å². The Kier molecular flexibility index (Phi) is 8.03. The molecule has 0 radical (unpaired) electrons. The lowest BCUT2D eigenvalue weighted by Crippen LogP contribution is -2.20. The highest BCUT2D eigenvalue weighted by atomic mass is 35.5. The van der Waals surface area contributed by atoms with Crippen molar-refractivity contribution < 1.29 is 22.8 Å². The van der Waals surface area contributed by atoms with Gasteiger partial charge in [0.05, 0.1) is 21.2 Å². The average molecular weight is 547 g/mol. The maximum absolute atomic E-state index is 13.3. The van der Waals surface area contributed by atoms with Gasteiger partial charge in [-0.2, -0.15) is 13.2 Å². The van der Waals surface area contributed by atoms with Gasteiger partial charge in [0.2, 0.25) is 5.91 Å². The third-order valence-corrected chi connectivity index (χ3v) is 7.43. The van der Waals surface area contributed by atoms with E-state index in [1.807, 2.05) is 0 Å². The summed E-state index contributed by atoms with van der Waals surface area (Å²) in [6.07, 6.45) is -4.58. The van der Waals surface area contributed by atoms with Gasteiger partial charge in [0, 0.05) is 10.6 Å². The van der Waals surface area contributed by atoms with E-state index in [1.54, 1.807) is 72.1 Å². The fraction of sp³-hybridized carbons (Fsp3) is 0.0769. The minimum atomic E-state index is -4.58. The Hall–Kier alpha value is -3.27. The van der Waals surface area contributed by atoms with Crippen LogP contribution in [-0.4, -0.2) is 11.8 Å². The number of hydrogen-bond donors (Lipinski definition) is 2. The lowest BCUT2D eigenvalue weighted by molar-refractivity contribution is -0.137. The number of thioether (sulfide) groups is 1. The molecule has 0 bridgehead atoms. The molecule has 2 N–H and O–H groups in total. The van der Waals surface area contributed by atoms with Gasteiger partial charge >= 0.3 is 6.18 Å². The molecule has 1 heterocycles. The SMILES string of the molecule is O=C(Nc1cccc(SC(C(=O)Nc2cc(C(F)(F)F)ccc2Cl)c2ccccc2)c1)c1cccs1. The Balaban J connectivity index is 1.58. The molecule has 1 unspecified atom stereocenters. The second-order valence-corrected chi connectivity index (χ2v) is 10.1. The number of carbonyl (C=O) groups is 2. The van der Waals surface area contributed by atoms with Gasteiger partial charge in [-0.15, -0.1) is 23.1 Å². The third-order valence-electron chi connectivity index (χ3n) is 4.98. The standard InChI is InChI=1S/C26H18ClF3N2O2S2/c27-20-12-11-17(26(28,29)30)14-21(20)32-25(34)23(16-6-2-1-3-7-16)36-19-9-4-8-18(15-19)31-24(33)22-10-5-13-35-22/h1-15,23H,(H,31,33)(H,32,34). The Bertz CT molecular complexity index is 1360. The summed E-state index contributed by atoms with van der Waals surface area (Å²) >= 11 is 8.60. The van der Waals surface area contributed by atoms with E-state index in [1.165, 1.54) is 23.1 Å². The van der Waals surface area contributed by atoms with E-state index in [2.05, 4.69) is 10.6 Å². The number of halogens is 4. The molecule has 1 aromatic heterocycles. The fourth-order valence-electron chi connectivity index (χ4n) is 3.28. The quantitative estimate of drug-likeness (QED) is 0.230. The van der Waals surface area contributed by atoms with E-state index >= 15 is 0 Å². The zero-order valence-corrected chi connectivity index (χ0v) is 20.8. The van der Waals surface area contributed by atoms with Gasteiger partial charge in [-0.05, 0) is 53.4 Å². The van der Waals surface area contributed by atoms with Crippen LogP contribution in [0.1, 0.15) is 26.0 Å². The summed E-state index contributed by atoms with van der Waals surface area (Å²) in [6, 6.07) is 22.1. The van der Waals surface area contributed by atoms with E-state index in [-0.39, 0.29) is 16.6 Å². The second kappa shape index (κ2) is 11.2. The first-order valence-corrected chi connectivity index (χ1v) is 12.7. The molecule has 0 aliphatic carbocycles. The van der Waals surface area contributed by atoms with Crippen molar-refractivity contribution >= 4 is 57.9 Å². The van der Waals surface area contributed by atoms with Crippen LogP contribution in [-0.2, 0) is 11.0 Å². The number of anilines is 2. The zero-order chi connectivity index (χ0) is 25.7. The predicted octanol–water partition coefficient (Wildman–Crippen LogP) is 8.14. The smallest absolute Gasteiger partial charge is 0.323 e. The molecule has 0 aliphatic heterocycles. The molecule has 4 nitrogen and oxygen atoms in total. The van der Waals surface area contributed by atoms with Crippen LogP contribution in [0.5, 0.6) is 0 Å². The summed E-state index contributed by atoms with van der Waals surface area (Å²) < 4.78 is 39.5. The number of rotatable bonds is 7. The van der Waals surface area contributed by atoms with E-state index in [4.69, 9.17) is 11.6 Å². The van der Waals surface area contributed by atoms with Gasteiger partial charge in [-0.3, -0.25) is 9.59 Å². The molecule has 36 heavy (non-hydrogen) atoms. The highest BCUT2D eigenvalue weighted by Gasteiger charge is 2.31. The number of alkyl halides is 3. The number of nitrogens with one attached hydrogen (secondary N) is 2. The lowest BCUT2D eigenvalue weighted by atomic mass is 10.1. The van der Waals surface area contributed by atoms with Crippen LogP contribution in [0, 0.1) is 0 Å². The van der Waals surface area contributed by atoms with Crippen LogP contribution < -0.4 is 10.6 Å². The molecule has 0 saturated carbocycles. The molecule has 0 spiro atoms. The number of amides is 2. The second-order valence-electron chi connectivity index (χ2n) is 7.55. The van der Waals surface area contributed by atoms with Crippen molar-refractivity contribution in [1.29, 1.82) is 0 Å². The minimum absolute atomic E-state index is 0.00792. The fourth-order valence-corrected chi connectivity index (χ4v) is 5.15. The molecule has 0 fully saturated rings.